The van der Waals surface area contributed by atoms with Crippen LogP contribution >= 0.6 is 0 Å². The van der Waals surface area contributed by atoms with Crippen molar-refractivity contribution in [3.05, 3.63) is 437 Å². The highest BCUT2D eigenvalue weighted by Crippen LogP contribution is 2.46. The molecule has 10 heteroatoms. The van der Waals surface area contributed by atoms with Gasteiger partial charge in [0.25, 0.3) is 0 Å². The van der Waals surface area contributed by atoms with Crippen molar-refractivity contribution in [2.45, 2.75) is 0 Å². The van der Waals surface area contributed by atoms with E-state index in [0.717, 1.165) is 212 Å². The Balaban J connectivity index is 0.635. The van der Waals surface area contributed by atoms with Crippen molar-refractivity contribution >= 4 is 55.7 Å². The number of nitrogens with zero attached hydrogens (tertiary/aromatic N) is 10. The molecule has 0 amide bonds. The summed E-state index contributed by atoms with van der Waals surface area (Å²) in [5.41, 5.74) is 36.2. The molecule has 17 aromatic carbocycles. The van der Waals surface area contributed by atoms with Gasteiger partial charge in [0.15, 0.2) is 11.6 Å². The number of benzene rings is 17. The van der Waals surface area contributed by atoms with Crippen LogP contribution in [0.15, 0.2) is 437 Å². The van der Waals surface area contributed by atoms with E-state index >= 15 is 0 Å². The second-order valence-electron chi connectivity index (χ2n) is 31.0. The fourth-order valence-electron chi connectivity index (χ4n) is 17.7. The van der Waals surface area contributed by atoms with Gasteiger partial charge in [0.1, 0.15) is 0 Å². The summed E-state index contributed by atoms with van der Waals surface area (Å²) in [4.78, 5) is 33.0. The minimum atomic E-state index is 0.612. The molecular weight excluding hydrogens is 1490 g/mol. The van der Waals surface area contributed by atoms with Gasteiger partial charge in [0, 0.05) is 50.1 Å². The van der Waals surface area contributed by atoms with Gasteiger partial charge in [0.05, 0.1) is 78.3 Å². The zero-order valence-corrected chi connectivity index (χ0v) is 66.0. The van der Waals surface area contributed by atoms with Gasteiger partial charge in [-0.2, -0.15) is 0 Å². The Labute approximate surface area is 703 Å². The number of rotatable bonds is 16. The monoisotopic (exact) mass is 1560 g/mol. The van der Waals surface area contributed by atoms with Crippen LogP contribution in [0, 0.1) is 0 Å². The first-order chi connectivity index (χ1) is 60.4. The molecule has 10 nitrogen and oxygen atoms in total. The Kier molecular flexibility index (Phi) is 17.3. The Morgan fingerprint density at radius 1 is 0.156 bits per heavy atom. The molecule has 122 heavy (non-hydrogen) atoms. The Morgan fingerprint density at radius 2 is 0.443 bits per heavy atom. The van der Waals surface area contributed by atoms with Gasteiger partial charge in [-0.3, -0.25) is 17.9 Å². The predicted octanol–water partition coefficient (Wildman–Crippen LogP) is 28.1. The SMILES string of the molecule is c1ccc(-c2ccc3nc4n(-c5ccc(-c6nc(-c7ccccc7)cc(-c7cccc(-c8ccc(-c9ccc%10nc%11n(-c%12c(-c%13ccccc%13)cc(-c%13nc(-c%14ccccc%14)cc(-c%14ccccc%14)n%13)cc%12-c%12ccccc%12)c%12ccc(-c%13ccccc%13)cc%12n%11c%10c9)cc8)c7)n6)cc5-c5ccccc5)c5ccc(-c6ccccc6)cc5n4c3c2)cc1. The lowest BCUT2D eigenvalue weighted by molar-refractivity contribution is 1.11. The first kappa shape index (κ1) is 70.8. The maximum absolute atomic E-state index is 5.70. The maximum atomic E-state index is 5.70. The zero-order chi connectivity index (χ0) is 80.6. The fourth-order valence-corrected chi connectivity index (χ4v) is 17.7. The molecule has 0 aliphatic rings. The summed E-state index contributed by atoms with van der Waals surface area (Å²) in [6.07, 6.45) is 0. The number of imidazole rings is 4. The lowest BCUT2D eigenvalue weighted by Crippen LogP contribution is -2.03. The zero-order valence-electron chi connectivity index (χ0n) is 66.0. The Bertz CT molecular complexity index is 7810. The first-order valence-corrected chi connectivity index (χ1v) is 41.2. The van der Waals surface area contributed by atoms with Crippen LogP contribution in [-0.2, 0) is 0 Å². The van der Waals surface area contributed by atoms with E-state index in [1.54, 1.807) is 0 Å². The molecule has 0 saturated carbocycles. The average Bonchev–Trinajstić information content (AvgIpc) is 1.55. The quantitative estimate of drug-likeness (QED) is 0.0956. The van der Waals surface area contributed by atoms with Gasteiger partial charge in [0.2, 0.25) is 11.6 Å². The van der Waals surface area contributed by atoms with E-state index < -0.39 is 0 Å². The molecular formula is C112H72N10. The van der Waals surface area contributed by atoms with Crippen LogP contribution in [0.5, 0.6) is 0 Å². The molecule has 0 aliphatic carbocycles. The van der Waals surface area contributed by atoms with Gasteiger partial charge in [-0.05, 0) is 169 Å². The number of hydrogen-bond donors (Lipinski definition) is 0. The average molecular weight is 1560 g/mol. The molecule has 0 aliphatic heterocycles. The summed E-state index contributed by atoms with van der Waals surface area (Å²) in [7, 11) is 0. The largest absolute Gasteiger partial charge is 0.278 e. The topological polar surface area (TPSA) is 96.0 Å². The van der Waals surface area contributed by atoms with Gasteiger partial charge in [-0.1, -0.05) is 340 Å². The van der Waals surface area contributed by atoms with Crippen LogP contribution < -0.4 is 0 Å². The molecule has 23 aromatic rings. The Morgan fingerprint density at radius 3 is 0.861 bits per heavy atom. The summed E-state index contributed by atoms with van der Waals surface area (Å²) in [5.74, 6) is 2.84. The van der Waals surface area contributed by atoms with Crippen LogP contribution in [0.4, 0.5) is 0 Å². The van der Waals surface area contributed by atoms with Crippen molar-refractivity contribution in [3.8, 4) is 168 Å². The summed E-state index contributed by atoms with van der Waals surface area (Å²) in [5, 5.41) is 0. The molecule has 570 valence electrons. The lowest BCUT2D eigenvalue weighted by Gasteiger charge is -2.20. The van der Waals surface area contributed by atoms with Crippen molar-refractivity contribution in [2.75, 3.05) is 0 Å². The molecule has 6 heterocycles. The van der Waals surface area contributed by atoms with E-state index in [2.05, 4.69) is 437 Å². The summed E-state index contributed by atoms with van der Waals surface area (Å²) < 4.78 is 9.41. The third-order valence-corrected chi connectivity index (χ3v) is 23.6. The molecule has 0 N–H and O–H groups in total. The highest BCUT2D eigenvalue weighted by molar-refractivity contribution is 6.02. The molecule has 0 unspecified atom stereocenters. The van der Waals surface area contributed by atoms with Crippen LogP contribution in [0.2, 0.25) is 0 Å². The van der Waals surface area contributed by atoms with E-state index in [-0.39, 0.29) is 0 Å². The standard InChI is InChI=1S/C112H72N10/c1-10-29-73(30-11-1)85-53-58-95-104(67-85)120-106-69-87(74-31-12-2-13-32-74)55-61-102(106)119(111(120)117-95)101-60-57-90(64-92(101)78-35-16-4-17-36-78)109-113-99(83-45-26-9-27-46-83)72-100(116-109)89-48-28-47-84(63-89)76-49-51-77(52-50-76)86-54-59-96-105(68-86)121-107-70-88(75-33-14-3-15-34-75)56-62-103(107)122(112(121)118-96)108-93(79-37-18-5-19-38-79)65-91(66-94(108)80-39-20-6-21-40-80)110-114-97(81-41-22-7-23-42-81)71-98(115-110)82-43-24-8-25-44-82/h1-72H. The van der Waals surface area contributed by atoms with Gasteiger partial charge in [-0.15, -0.1) is 0 Å². The third kappa shape index (κ3) is 12.7. The first-order valence-electron chi connectivity index (χ1n) is 41.2. The second kappa shape index (κ2) is 29.9. The molecule has 0 bridgehead atoms. The van der Waals surface area contributed by atoms with E-state index in [4.69, 9.17) is 29.9 Å². The normalized spacial score (nSPS) is 11.6. The van der Waals surface area contributed by atoms with Crippen molar-refractivity contribution in [1.82, 2.24) is 47.8 Å². The van der Waals surface area contributed by atoms with Crippen molar-refractivity contribution in [2.24, 2.45) is 0 Å². The number of aromatic nitrogens is 10. The van der Waals surface area contributed by atoms with E-state index in [1.165, 1.54) is 0 Å². The van der Waals surface area contributed by atoms with E-state index in [0.29, 0.717) is 11.6 Å². The Hall–Kier alpha value is -16.6. The molecule has 0 saturated heterocycles. The smallest absolute Gasteiger partial charge is 0.220 e. The van der Waals surface area contributed by atoms with Gasteiger partial charge in [-0.25, -0.2) is 29.9 Å². The minimum Gasteiger partial charge on any atom is -0.278 e. The van der Waals surface area contributed by atoms with Crippen molar-refractivity contribution in [1.29, 1.82) is 0 Å². The summed E-state index contributed by atoms with van der Waals surface area (Å²) >= 11 is 0. The molecule has 6 aromatic heterocycles. The molecule has 0 radical (unpaired) electrons. The van der Waals surface area contributed by atoms with Crippen LogP contribution in [0.25, 0.3) is 224 Å². The van der Waals surface area contributed by atoms with Crippen LogP contribution in [0.3, 0.4) is 0 Å². The van der Waals surface area contributed by atoms with E-state index in [9.17, 15) is 0 Å². The maximum Gasteiger partial charge on any atom is 0.220 e. The highest BCUT2D eigenvalue weighted by atomic mass is 15.2. The fraction of sp³-hybridized carbons (Fsp3) is 0. The van der Waals surface area contributed by atoms with Crippen LogP contribution in [-0.4, -0.2) is 47.8 Å². The molecule has 0 fully saturated rings. The molecule has 0 spiro atoms. The minimum absolute atomic E-state index is 0.612. The summed E-state index contributed by atoms with van der Waals surface area (Å²) in [6, 6.07) is 155. The van der Waals surface area contributed by atoms with Crippen LogP contribution in [0.1, 0.15) is 0 Å². The number of fused-ring (bicyclic) bond motifs is 10. The number of hydrogen-bond acceptors (Lipinski definition) is 6. The third-order valence-electron chi connectivity index (χ3n) is 23.6. The molecule has 0 atom stereocenters. The van der Waals surface area contributed by atoms with Gasteiger partial charge < -0.3 is 0 Å². The van der Waals surface area contributed by atoms with Crippen molar-refractivity contribution in [3.63, 3.8) is 0 Å². The van der Waals surface area contributed by atoms with E-state index in [1.807, 2.05) is 18.2 Å². The molecule has 23 rings (SSSR count). The van der Waals surface area contributed by atoms with Gasteiger partial charge >= 0.3 is 0 Å². The second-order valence-corrected chi connectivity index (χ2v) is 31.0. The van der Waals surface area contributed by atoms with Crippen molar-refractivity contribution < 1.29 is 0 Å². The highest BCUT2D eigenvalue weighted by Gasteiger charge is 2.28. The lowest BCUT2D eigenvalue weighted by atomic mass is 9.92. The summed E-state index contributed by atoms with van der Waals surface area (Å²) in [6.45, 7) is 0. The predicted molar refractivity (Wildman–Crippen MR) is 500 cm³/mol.